The molecule has 116 valence electrons. The summed E-state index contributed by atoms with van der Waals surface area (Å²) < 4.78 is 1.97. The monoisotopic (exact) mass is 369 g/mol. The Labute approximate surface area is 145 Å². The maximum atomic E-state index is 11.5. The molecule has 0 radical (unpaired) electrons. The molecule has 5 heteroatoms. The predicted molar refractivity (Wildman–Crippen MR) is 83.4 cm³/mol. The van der Waals surface area contributed by atoms with E-state index in [1.165, 1.54) is 0 Å². The molecule has 23 heavy (non-hydrogen) atoms. The Morgan fingerprint density at radius 1 is 0.957 bits per heavy atom. The minimum atomic E-state index is -1.15. The van der Waals surface area contributed by atoms with Gasteiger partial charge in [0, 0.05) is 11.6 Å². The van der Waals surface area contributed by atoms with Crippen LogP contribution in [0.1, 0.15) is 5.56 Å². The Bertz CT molecular complexity index is 798. The Balaban J connectivity index is 0.00000156. The summed E-state index contributed by atoms with van der Waals surface area (Å²) in [6.45, 7) is 0.440. The van der Waals surface area contributed by atoms with Gasteiger partial charge in [0.05, 0.1) is 6.20 Å². The smallest absolute Gasteiger partial charge is 0.401 e. The molecule has 0 spiro atoms. The van der Waals surface area contributed by atoms with Gasteiger partial charge in [0.15, 0.2) is 0 Å². The van der Waals surface area contributed by atoms with Crippen LogP contribution in [0, 0.1) is 0 Å². The van der Waals surface area contributed by atoms with Crippen molar-refractivity contribution in [3.8, 4) is 0 Å². The summed E-state index contributed by atoms with van der Waals surface area (Å²) in [5.74, 6) is 0.736. The van der Waals surface area contributed by atoms with Gasteiger partial charge < -0.3 is 22.1 Å². The molecular formula is C18H16BrN3O. The zero-order chi connectivity index (χ0) is 15.0. The lowest BCUT2D eigenvalue weighted by atomic mass is 10.0. The molecule has 1 aliphatic heterocycles. The van der Waals surface area contributed by atoms with E-state index in [4.69, 9.17) is 0 Å². The second kappa shape index (κ2) is 6.10. The molecule has 1 aliphatic rings. The molecule has 0 amide bonds. The fraction of sp³-hybridized carbons (Fsp3) is 0.111. The molecule has 1 aromatic heterocycles. The fourth-order valence-electron chi connectivity index (χ4n) is 3.01. The quantitative estimate of drug-likeness (QED) is 0.611. The van der Waals surface area contributed by atoms with Crippen LogP contribution in [-0.4, -0.2) is 10.1 Å². The van der Waals surface area contributed by atoms with Crippen LogP contribution in [0.3, 0.4) is 0 Å². The minimum absolute atomic E-state index is 0. The van der Waals surface area contributed by atoms with Gasteiger partial charge in [-0.15, -0.1) is 0 Å². The largest absolute Gasteiger partial charge is 1.00 e. The molecule has 0 saturated carbocycles. The molecule has 3 aromatic rings. The molecule has 2 aromatic carbocycles. The van der Waals surface area contributed by atoms with Crippen LogP contribution >= 0.6 is 0 Å². The highest BCUT2D eigenvalue weighted by Gasteiger charge is 2.52. The first kappa shape index (κ1) is 15.6. The molecule has 2 heterocycles. The first-order chi connectivity index (χ1) is 10.8. The Kier molecular flexibility index (Phi) is 4.15. The SMILES string of the molecule is OC1(c2ccccc2)C[n+]2cccnc2N1c1ccccc1.[Br-]. The molecule has 0 saturated heterocycles. The van der Waals surface area contributed by atoms with Crippen molar-refractivity contribution in [3.05, 3.63) is 84.7 Å². The molecule has 0 aliphatic carbocycles. The number of halogens is 1. The third-order valence-corrected chi connectivity index (χ3v) is 4.01. The number of nitrogens with zero attached hydrogens (tertiary/aromatic N) is 3. The molecule has 4 nitrogen and oxygen atoms in total. The van der Waals surface area contributed by atoms with Crippen molar-refractivity contribution in [2.24, 2.45) is 0 Å². The van der Waals surface area contributed by atoms with Crippen LogP contribution in [0.5, 0.6) is 0 Å². The van der Waals surface area contributed by atoms with E-state index in [0.717, 1.165) is 17.2 Å². The van der Waals surface area contributed by atoms with E-state index < -0.39 is 5.72 Å². The number of benzene rings is 2. The van der Waals surface area contributed by atoms with Gasteiger partial charge in [-0.05, 0) is 12.1 Å². The molecule has 1 N–H and O–H groups in total. The third kappa shape index (κ3) is 2.52. The van der Waals surface area contributed by atoms with Crippen molar-refractivity contribution in [3.63, 3.8) is 0 Å². The van der Waals surface area contributed by atoms with E-state index in [1.807, 2.05) is 82.4 Å². The minimum Gasteiger partial charge on any atom is -1.00 e. The van der Waals surface area contributed by atoms with Gasteiger partial charge in [-0.3, -0.25) is 0 Å². The van der Waals surface area contributed by atoms with Gasteiger partial charge in [-0.25, -0.2) is 4.57 Å². The van der Waals surface area contributed by atoms with Crippen molar-refractivity contribution in [1.29, 1.82) is 0 Å². The van der Waals surface area contributed by atoms with Gasteiger partial charge in [0.25, 0.3) is 0 Å². The molecule has 0 bridgehead atoms. The van der Waals surface area contributed by atoms with Crippen LogP contribution in [0.4, 0.5) is 11.6 Å². The lowest BCUT2D eigenvalue weighted by molar-refractivity contribution is -0.685. The van der Waals surface area contributed by atoms with Crippen LogP contribution < -0.4 is 26.4 Å². The second-order valence-corrected chi connectivity index (χ2v) is 5.40. The normalized spacial score (nSPS) is 19.1. The number of aliphatic hydroxyl groups is 1. The number of rotatable bonds is 2. The van der Waals surface area contributed by atoms with Crippen LogP contribution in [0.25, 0.3) is 0 Å². The maximum absolute atomic E-state index is 11.5. The summed E-state index contributed by atoms with van der Waals surface area (Å²) in [7, 11) is 0. The number of hydrogen-bond acceptors (Lipinski definition) is 3. The third-order valence-electron chi connectivity index (χ3n) is 4.01. The van der Waals surface area contributed by atoms with Gasteiger partial charge >= 0.3 is 5.95 Å². The molecule has 4 rings (SSSR count). The summed E-state index contributed by atoms with van der Waals surface area (Å²) in [6, 6.07) is 21.5. The summed E-state index contributed by atoms with van der Waals surface area (Å²) >= 11 is 0. The number of fused-ring (bicyclic) bond motifs is 1. The molecular weight excluding hydrogens is 354 g/mol. The molecule has 1 unspecified atom stereocenters. The number of hydrogen-bond donors (Lipinski definition) is 1. The number of para-hydroxylation sites is 1. The van der Waals surface area contributed by atoms with E-state index in [1.54, 1.807) is 6.20 Å². The highest BCUT2D eigenvalue weighted by molar-refractivity contribution is 5.60. The van der Waals surface area contributed by atoms with Crippen molar-refractivity contribution in [2.75, 3.05) is 4.90 Å². The van der Waals surface area contributed by atoms with E-state index in [0.29, 0.717) is 6.54 Å². The molecule has 0 fully saturated rings. The van der Waals surface area contributed by atoms with Crippen LogP contribution in [-0.2, 0) is 12.3 Å². The summed E-state index contributed by atoms with van der Waals surface area (Å²) in [5, 5.41) is 11.5. The van der Waals surface area contributed by atoms with Crippen molar-refractivity contribution in [2.45, 2.75) is 12.3 Å². The van der Waals surface area contributed by atoms with E-state index in [9.17, 15) is 5.11 Å². The highest BCUT2D eigenvalue weighted by Crippen LogP contribution is 2.39. The average molecular weight is 370 g/mol. The number of anilines is 2. The lowest BCUT2D eigenvalue weighted by Gasteiger charge is -2.28. The van der Waals surface area contributed by atoms with Gasteiger partial charge in [0.2, 0.25) is 5.72 Å². The van der Waals surface area contributed by atoms with E-state index in [2.05, 4.69) is 4.98 Å². The first-order valence-electron chi connectivity index (χ1n) is 7.27. The number of aromatic nitrogens is 2. The highest BCUT2D eigenvalue weighted by atomic mass is 79.9. The zero-order valence-corrected chi connectivity index (χ0v) is 14.0. The first-order valence-corrected chi connectivity index (χ1v) is 7.27. The fourth-order valence-corrected chi connectivity index (χ4v) is 3.01. The Morgan fingerprint density at radius 3 is 2.30 bits per heavy atom. The van der Waals surface area contributed by atoms with E-state index in [-0.39, 0.29) is 17.0 Å². The van der Waals surface area contributed by atoms with Crippen molar-refractivity contribution in [1.82, 2.24) is 4.98 Å². The van der Waals surface area contributed by atoms with E-state index >= 15 is 0 Å². The lowest BCUT2D eigenvalue weighted by Crippen LogP contribution is -3.00. The van der Waals surface area contributed by atoms with Gasteiger partial charge in [-0.2, -0.15) is 4.90 Å². The topological polar surface area (TPSA) is 40.2 Å². The van der Waals surface area contributed by atoms with Crippen LogP contribution in [0.2, 0.25) is 0 Å². The summed E-state index contributed by atoms with van der Waals surface area (Å²) in [6.07, 6.45) is 3.69. The standard InChI is InChI=1S/C18H16N3O.BrH/c22-18(15-8-3-1-4-9-15)14-20-13-7-12-19-17(20)21(18)16-10-5-2-6-11-16;/h1-13,22H,14H2;1H/q+1;/p-1. The van der Waals surface area contributed by atoms with Crippen molar-refractivity contribution >= 4 is 11.6 Å². The molecule has 1 atom stereocenters. The summed E-state index contributed by atoms with van der Waals surface area (Å²) in [4.78, 5) is 6.36. The van der Waals surface area contributed by atoms with Gasteiger partial charge in [-0.1, -0.05) is 53.5 Å². The Morgan fingerprint density at radius 2 is 1.61 bits per heavy atom. The van der Waals surface area contributed by atoms with Gasteiger partial charge in [0.1, 0.15) is 18.4 Å². The average Bonchev–Trinajstić information content (AvgIpc) is 2.90. The second-order valence-electron chi connectivity index (χ2n) is 5.40. The zero-order valence-electron chi connectivity index (χ0n) is 12.4. The van der Waals surface area contributed by atoms with Crippen molar-refractivity contribution < 1.29 is 26.7 Å². The Hall–Kier alpha value is -2.24. The summed E-state index contributed by atoms with van der Waals surface area (Å²) in [5.41, 5.74) is 0.618. The maximum Gasteiger partial charge on any atom is 0.401 e. The van der Waals surface area contributed by atoms with Crippen LogP contribution in [0.15, 0.2) is 79.1 Å². The predicted octanol–water partition coefficient (Wildman–Crippen LogP) is -0.630.